The topological polar surface area (TPSA) is 29.5 Å². The largest absolute Gasteiger partial charge is 0.480 e. The first kappa shape index (κ1) is 14.6. The number of rotatable bonds is 3. The van der Waals surface area contributed by atoms with E-state index in [0.717, 1.165) is 16.9 Å². The summed E-state index contributed by atoms with van der Waals surface area (Å²) in [7, 11) is 1.85. The van der Waals surface area contributed by atoms with Crippen LogP contribution < -0.4 is 4.74 Å². The lowest BCUT2D eigenvalue weighted by molar-refractivity contribution is -0.138. The van der Waals surface area contributed by atoms with Crippen LogP contribution in [0.4, 0.5) is 0 Å². The summed E-state index contributed by atoms with van der Waals surface area (Å²) in [4.78, 5) is 14.5. The van der Waals surface area contributed by atoms with E-state index in [1.54, 1.807) is 4.90 Å². The van der Waals surface area contributed by atoms with Crippen molar-refractivity contribution in [3.8, 4) is 5.75 Å². The number of carbonyl (C=O) groups excluding carboxylic acids is 1. The molecule has 22 heavy (non-hydrogen) atoms. The molecule has 1 amide bonds. The van der Waals surface area contributed by atoms with Crippen molar-refractivity contribution in [3.05, 3.63) is 65.2 Å². The van der Waals surface area contributed by atoms with Crippen molar-refractivity contribution < 1.29 is 9.53 Å². The Morgan fingerprint density at radius 3 is 2.55 bits per heavy atom. The van der Waals surface area contributed by atoms with E-state index in [4.69, 9.17) is 4.74 Å². The molecule has 2 aromatic carbocycles. The monoisotopic (exact) mass is 295 g/mol. The molecule has 2 unspecified atom stereocenters. The molecule has 0 N–H and O–H groups in total. The first-order chi connectivity index (χ1) is 10.6. The molecule has 0 aliphatic carbocycles. The Hall–Kier alpha value is -2.29. The number of carbonyl (C=O) groups is 1. The molecule has 0 radical (unpaired) electrons. The number of nitrogens with zero attached hydrogens (tertiary/aromatic N) is 1. The van der Waals surface area contributed by atoms with Gasteiger partial charge in [-0.15, -0.1) is 0 Å². The Morgan fingerprint density at radius 1 is 1.18 bits per heavy atom. The van der Waals surface area contributed by atoms with Crippen LogP contribution in [0.15, 0.2) is 48.5 Å². The molecule has 3 heteroatoms. The SMILES string of the molecule is Cc1ccc(C(C)N(C)C(=O)C2Cc3ccccc3O2)cc1. The predicted octanol–water partition coefficient (Wildman–Crippen LogP) is 3.52. The first-order valence-corrected chi connectivity index (χ1v) is 7.64. The van der Waals surface area contributed by atoms with Gasteiger partial charge in [-0.2, -0.15) is 0 Å². The van der Waals surface area contributed by atoms with E-state index in [1.807, 2.05) is 38.2 Å². The molecule has 1 aliphatic heterocycles. The zero-order chi connectivity index (χ0) is 15.7. The maximum atomic E-state index is 12.7. The van der Waals surface area contributed by atoms with Gasteiger partial charge in [0.2, 0.25) is 0 Å². The molecule has 0 saturated carbocycles. The minimum Gasteiger partial charge on any atom is -0.480 e. The van der Waals surface area contributed by atoms with Gasteiger partial charge in [-0.25, -0.2) is 0 Å². The summed E-state index contributed by atoms with van der Waals surface area (Å²) in [6.07, 6.45) is 0.246. The normalized spacial score (nSPS) is 17.5. The van der Waals surface area contributed by atoms with Crippen LogP contribution in [0.25, 0.3) is 0 Å². The Kier molecular flexibility index (Phi) is 3.88. The van der Waals surface area contributed by atoms with Crippen molar-refractivity contribution in [3.63, 3.8) is 0 Å². The van der Waals surface area contributed by atoms with Crippen LogP contribution in [-0.4, -0.2) is 24.0 Å². The lowest BCUT2D eigenvalue weighted by atomic mass is 10.0. The van der Waals surface area contributed by atoms with E-state index in [9.17, 15) is 4.79 Å². The molecule has 0 saturated heterocycles. The van der Waals surface area contributed by atoms with Gasteiger partial charge in [0.1, 0.15) is 5.75 Å². The van der Waals surface area contributed by atoms with E-state index < -0.39 is 6.10 Å². The number of para-hydroxylation sites is 1. The highest BCUT2D eigenvalue weighted by Gasteiger charge is 2.32. The van der Waals surface area contributed by atoms with E-state index in [2.05, 4.69) is 31.2 Å². The van der Waals surface area contributed by atoms with Crippen LogP contribution in [0.5, 0.6) is 5.75 Å². The number of fused-ring (bicyclic) bond motifs is 1. The molecule has 0 spiro atoms. The molecule has 0 fully saturated rings. The van der Waals surface area contributed by atoms with Crippen LogP contribution in [0.3, 0.4) is 0 Å². The van der Waals surface area contributed by atoms with Gasteiger partial charge in [0.05, 0.1) is 6.04 Å². The number of hydrogen-bond acceptors (Lipinski definition) is 2. The molecule has 1 aliphatic rings. The van der Waals surface area contributed by atoms with E-state index >= 15 is 0 Å². The van der Waals surface area contributed by atoms with Crippen molar-refractivity contribution in [1.29, 1.82) is 0 Å². The fourth-order valence-corrected chi connectivity index (χ4v) is 2.81. The van der Waals surface area contributed by atoms with Gasteiger partial charge in [-0.05, 0) is 31.0 Å². The second-order valence-corrected chi connectivity index (χ2v) is 5.95. The van der Waals surface area contributed by atoms with Crippen molar-refractivity contribution >= 4 is 5.91 Å². The third kappa shape index (κ3) is 2.71. The summed E-state index contributed by atoms with van der Waals surface area (Å²) in [5, 5.41) is 0. The molecule has 0 bridgehead atoms. The lowest BCUT2D eigenvalue weighted by Crippen LogP contribution is -2.40. The van der Waals surface area contributed by atoms with Crippen LogP contribution >= 0.6 is 0 Å². The number of likely N-dealkylation sites (N-methyl/N-ethyl adjacent to an activating group) is 1. The fourth-order valence-electron chi connectivity index (χ4n) is 2.81. The first-order valence-electron chi connectivity index (χ1n) is 7.64. The number of ether oxygens (including phenoxy) is 1. The summed E-state index contributed by atoms with van der Waals surface area (Å²) in [6, 6.07) is 16.2. The lowest BCUT2D eigenvalue weighted by Gasteiger charge is -2.27. The van der Waals surface area contributed by atoms with Crippen molar-refractivity contribution in [1.82, 2.24) is 4.90 Å². The van der Waals surface area contributed by atoms with Crippen molar-refractivity contribution in [2.75, 3.05) is 7.05 Å². The van der Waals surface area contributed by atoms with E-state index in [1.165, 1.54) is 5.56 Å². The minimum atomic E-state index is -0.407. The molecule has 0 aromatic heterocycles. The summed E-state index contributed by atoms with van der Waals surface area (Å²) in [6.45, 7) is 4.11. The average Bonchev–Trinajstić information content (AvgIpc) is 2.97. The summed E-state index contributed by atoms with van der Waals surface area (Å²) >= 11 is 0. The molecule has 114 valence electrons. The Balaban J connectivity index is 1.71. The molecule has 1 heterocycles. The molecule has 3 rings (SSSR count). The number of hydrogen-bond donors (Lipinski definition) is 0. The van der Waals surface area contributed by atoms with Gasteiger partial charge in [0.25, 0.3) is 5.91 Å². The van der Waals surface area contributed by atoms with Gasteiger partial charge in [-0.3, -0.25) is 4.79 Å². The van der Waals surface area contributed by atoms with Gasteiger partial charge < -0.3 is 9.64 Å². The second-order valence-electron chi connectivity index (χ2n) is 5.95. The number of benzene rings is 2. The van der Waals surface area contributed by atoms with Crippen LogP contribution in [0.2, 0.25) is 0 Å². The van der Waals surface area contributed by atoms with Crippen LogP contribution in [0, 0.1) is 6.92 Å². The highest BCUT2D eigenvalue weighted by molar-refractivity contribution is 5.82. The zero-order valence-corrected chi connectivity index (χ0v) is 13.2. The van der Waals surface area contributed by atoms with Crippen LogP contribution in [-0.2, 0) is 11.2 Å². The number of aryl methyl sites for hydroxylation is 1. The third-order valence-electron chi connectivity index (χ3n) is 4.41. The molecule has 2 aromatic rings. The average molecular weight is 295 g/mol. The predicted molar refractivity (Wildman–Crippen MR) is 86.9 cm³/mol. The fraction of sp³-hybridized carbons (Fsp3) is 0.316. The summed E-state index contributed by atoms with van der Waals surface area (Å²) < 4.78 is 5.80. The highest BCUT2D eigenvalue weighted by atomic mass is 16.5. The van der Waals surface area contributed by atoms with Gasteiger partial charge in [0.15, 0.2) is 6.10 Å². The zero-order valence-electron chi connectivity index (χ0n) is 13.2. The standard InChI is InChI=1S/C19H21NO2/c1-13-8-10-15(11-9-13)14(2)20(3)19(21)18-12-16-6-4-5-7-17(16)22-18/h4-11,14,18H,12H2,1-3H3. The summed E-state index contributed by atoms with van der Waals surface area (Å²) in [5.74, 6) is 0.863. The van der Waals surface area contributed by atoms with Crippen molar-refractivity contribution in [2.45, 2.75) is 32.4 Å². The van der Waals surface area contributed by atoms with E-state index in [0.29, 0.717) is 6.42 Å². The van der Waals surface area contributed by atoms with Crippen LogP contribution in [0.1, 0.15) is 29.7 Å². The molecule has 3 nitrogen and oxygen atoms in total. The Bertz CT molecular complexity index is 653. The Morgan fingerprint density at radius 2 is 1.86 bits per heavy atom. The molecular weight excluding hydrogens is 274 g/mol. The quantitative estimate of drug-likeness (QED) is 0.867. The minimum absolute atomic E-state index is 0.0282. The highest BCUT2D eigenvalue weighted by Crippen LogP contribution is 2.30. The molecule has 2 atom stereocenters. The smallest absolute Gasteiger partial charge is 0.264 e. The maximum Gasteiger partial charge on any atom is 0.264 e. The Labute approximate surface area is 131 Å². The summed E-state index contributed by atoms with van der Waals surface area (Å²) in [5.41, 5.74) is 3.47. The van der Waals surface area contributed by atoms with Gasteiger partial charge in [-0.1, -0.05) is 48.0 Å². The maximum absolute atomic E-state index is 12.7. The third-order valence-corrected chi connectivity index (χ3v) is 4.41. The van der Waals surface area contributed by atoms with Crippen molar-refractivity contribution in [2.24, 2.45) is 0 Å². The number of amides is 1. The molecular formula is C19H21NO2. The van der Waals surface area contributed by atoms with Gasteiger partial charge >= 0.3 is 0 Å². The van der Waals surface area contributed by atoms with Gasteiger partial charge in [0, 0.05) is 13.5 Å². The second kappa shape index (κ2) is 5.84. The van der Waals surface area contributed by atoms with E-state index in [-0.39, 0.29) is 11.9 Å².